The number of rotatable bonds is 3. The van der Waals surface area contributed by atoms with E-state index in [1.54, 1.807) is 30.3 Å². The molecule has 1 heterocycles. The number of carbonyl (C=O) groups is 1. The fourth-order valence-corrected chi connectivity index (χ4v) is 2.09. The Bertz CT molecular complexity index is 416. The zero-order valence-corrected chi connectivity index (χ0v) is 9.24. The Morgan fingerprint density at radius 1 is 1.29 bits per heavy atom. The Morgan fingerprint density at radius 2 is 1.88 bits per heavy atom. The first-order valence-corrected chi connectivity index (χ1v) is 5.28. The standard InChI is InChI=1S/C12H12F3NO/c1-8(17)10-11(12(13,14)15)16(10)7-9-5-3-2-4-6-9/h2-6,10-11H,7H2,1H3/t10-,11+,16?/m1/s1. The summed E-state index contributed by atoms with van der Waals surface area (Å²) in [5, 5.41) is 0. The number of ketones is 1. The van der Waals surface area contributed by atoms with Crippen molar-refractivity contribution in [2.75, 3.05) is 0 Å². The van der Waals surface area contributed by atoms with E-state index in [9.17, 15) is 18.0 Å². The lowest BCUT2D eigenvalue weighted by Crippen LogP contribution is -2.22. The van der Waals surface area contributed by atoms with E-state index in [2.05, 4.69) is 0 Å². The van der Waals surface area contributed by atoms with Gasteiger partial charge in [0.05, 0.1) is 6.04 Å². The van der Waals surface area contributed by atoms with E-state index in [0.717, 1.165) is 5.56 Å². The van der Waals surface area contributed by atoms with Gasteiger partial charge in [-0.15, -0.1) is 0 Å². The zero-order chi connectivity index (χ0) is 12.6. The van der Waals surface area contributed by atoms with Crippen molar-refractivity contribution in [2.45, 2.75) is 31.7 Å². The highest BCUT2D eigenvalue weighted by molar-refractivity contribution is 5.85. The summed E-state index contributed by atoms with van der Waals surface area (Å²) in [6.45, 7) is 1.36. The smallest absolute Gasteiger partial charge is 0.298 e. The van der Waals surface area contributed by atoms with Crippen molar-refractivity contribution < 1.29 is 18.0 Å². The van der Waals surface area contributed by atoms with Gasteiger partial charge in [-0.3, -0.25) is 9.69 Å². The highest BCUT2D eigenvalue weighted by Gasteiger charge is 2.64. The number of halogens is 3. The molecule has 5 heteroatoms. The van der Waals surface area contributed by atoms with Gasteiger partial charge in [-0.2, -0.15) is 13.2 Å². The van der Waals surface area contributed by atoms with E-state index < -0.39 is 24.0 Å². The van der Waals surface area contributed by atoms with Crippen LogP contribution in [-0.2, 0) is 11.3 Å². The van der Waals surface area contributed by atoms with Crippen molar-refractivity contribution >= 4 is 5.78 Å². The van der Waals surface area contributed by atoms with Gasteiger partial charge in [0, 0.05) is 6.54 Å². The van der Waals surface area contributed by atoms with E-state index in [0.29, 0.717) is 0 Å². The summed E-state index contributed by atoms with van der Waals surface area (Å²) in [6, 6.07) is 6.23. The van der Waals surface area contributed by atoms with Crippen LogP contribution in [-0.4, -0.2) is 28.9 Å². The molecular formula is C12H12F3NO. The van der Waals surface area contributed by atoms with Crippen LogP contribution in [0, 0.1) is 0 Å². The van der Waals surface area contributed by atoms with Crippen LogP contribution in [0.5, 0.6) is 0 Å². The maximum Gasteiger partial charge on any atom is 0.406 e. The predicted octanol–water partition coefficient (Wildman–Crippen LogP) is 2.39. The molecule has 92 valence electrons. The third kappa shape index (κ3) is 2.49. The largest absolute Gasteiger partial charge is 0.406 e. The van der Waals surface area contributed by atoms with E-state index in [-0.39, 0.29) is 6.54 Å². The van der Waals surface area contributed by atoms with E-state index in [4.69, 9.17) is 0 Å². The Balaban J connectivity index is 2.09. The summed E-state index contributed by atoms with van der Waals surface area (Å²) in [4.78, 5) is 12.3. The van der Waals surface area contributed by atoms with Crippen LogP contribution in [0.4, 0.5) is 13.2 Å². The lowest BCUT2D eigenvalue weighted by molar-refractivity contribution is -0.139. The van der Waals surface area contributed by atoms with Gasteiger partial charge < -0.3 is 0 Å². The molecule has 0 N–H and O–H groups in total. The summed E-state index contributed by atoms with van der Waals surface area (Å²) in [6.07, 6.45) is -4.33. The second-order valence-electron chi connectivity index (χ2n) is 4.20. The zero-order valence-electron chi connectivity index (χ0n) is 9.24. The van der Waals surface area contributed by atoms with Crippen LogP contribution in [0.1, 0.15) is 12.5 Å². The second kappa shape index (κ2) is 4.14. The SMILES string of the molecule is CC(=O)[C@@H]1[C@@H](C(F)(F)F)N1Cc1ccccc1. The average Bonchev–Trinajstić information content (AvgIpc) is 2.93. The van der Waals surface area contributed by atoms with Crippen molar-refractivity contribution in [3.05, 3.63) is 35.9 Å². The van der Waals surface area contributed by atoms with Gasteiger partial charge in [0.25, 0.3) is 0 Å². The molecule has 0 aromatic heterocycles. The molecule has 1 unspecified atom stereocenters. The molecule has 1 aliphatic rings. The Morgan fingerprint density at radius 3 is 2.29 bits per heavy atom. The van der Waals surface area contributed by atoms with Gasteiger partial charge in [-0.1, -0.05) is 30.3 Å². The van der Waals surface area contributed by atoms with Crippen LogP contribution in [0.3, 0.4) is 0 Å². The van der Waals surface area contributed by atoms with Crippen LogP contribution in [0.15, 0.2) is 30.3 Å². The van der Waals surface area contributed by atoms with Crippen molar-refractivity contribution in [3.8, 4) is 0 Å². The van der Waals surface area contributed by atoms with Crippen LogP contribution >= 0.6 is 0 Å². The predicted molar refractivity (Wildman–Crippen MR) is 56.3 cm³/mol. The molecule has 0 saturated carbocycles. The van der Waals surface area contributed by atoms with Crippen LogP contribution < -0.4 is 0 Å². The fraction of sp³-hybridized carbons (Fsp3) is 0.417. The number of hydrogen-bond donors (Lipinski definition) is 0. The van der Waals surface area contributed by atoms with E-state index in [1.807, 2.05) is 0 Å². The van der Waals surface area contributed by atoms with Crippen LogP contribution in [0.2, 0.25) is 0 Å². The molecule has 17 heavy (non-hydrogen) atoms. The molecule has 2 rings (SSSR count). The maximum absolute atomic E-state index is 12.6. The Labute approximate surface area is 97.0 Å². The lowest BCUT2D eigenvalue weighted by atomic mass is 10.2. The molecule has 2 nitrogen and oxygen atoms in total. The minimum atomic E-state index is -4.33. The van der Waals surface area contributed by atoms with E-state index >= 15 is 0 Å². The number of nitrogens with zero attached hydrogens (tertiary/aromatic N) is 1. The first kappa shape index (κ1) is 12.1. The molecule has 0 bridgehead atoms. The van der Waals surface area contributed by atoms with Gasteiger partial charge in [0.2, 0.25) is 0 Å². The van der Waals surface area contributed by atoms with Crippen molar-refractivity contribution in [1.29, 1.82) is 0 Å². The highest BCUT2D eigenvalue weighted by Crippen LogP contribution is 2.42. The molecule has 0 spiro atoms. The Hall–Kier alpha value is -1.36. The third-order valence-corrected chi connectivity index (χ3v) is 2.88. The average molecular weight is 243 g/mol. The second-order valence-corrected chi connectivity index (χ2v) is 4.20. The molecule has 1 fully saturated rings. The van der Waals surface area contributed by atoms with Gasteiger partial charge >= 0.3 is 6.18 Å². The molecule has 1 aromatic rings. The van der Waals surface area contributed by atoms with Crippen LogP contribution in [0.25, 0.3) is 0 Å². The minimum Gasteiger partial charge on any atom is -0.298 e. The van der Waals surface area contributed by atoms with Gasteiger partial charge in [-0.05, 0) is 12.5 Å². The molecule has 0 aliphatic carbocycles. The summed E-state index contributed by atoms with van der Waals surface area (Å²) >= 11 is 0. The first-order chi connectivity index (χ1) is 7.91. The third-order valence-electron chi connectivity index (χ3n) is 2.88. The summed E-state index contributed by atoms with van der Waals surface area (Å²) in [5.41, 5.74) is 0.783. The topological polar surface area (TPSA) is 20.1 Å². The molecule has 3 atom stereocenters. The monoisotopic (exact) mass is 243 g/mol. The highest BCUT2D eigenvalue weighted by atomic mass is 19.4. The maximum atomic E-state index is 12.6. The number of benzene rings is 1. The van der Waals surface area contributed by atoms with Gasteiger partial charge in [-0.25, -0.2) is 0 Å². The van der Waals surface area contributed by atoms with Crippen molar-refractivity contribution in [2.24, 2.45) is 0 Å². The number of alkyl halides is 3. The fourth-order valence-electron chi connectivity index (χ4n) is 2.09. The lowest BCUT2D eigenvalue weighted by Gasteiger charge is -2.06. The molecule has 1 saturated heterocycles. The summed E-state index contributed by atoms with van der Waals surface area (Å²) in [5.74, 6) is -0.428. The first-order valence-electron chi connectivity index (χ1n) is 5.28. The molecular weight excluding hydrogens is 231 g/mol. The molecule has 1 aliphatic heterocycles. The molecule has 0 radical (unpaired) electrons. The molecule has 0 amide bonds. The quantitative estimate of drug-likeness (QED) is 0.760. The number of Topliss-reactive ketones (excluding diaryl/α,β-unsaturated/α-hetero) is 1. The minimum absolute atomic E-state index is 0.162. The number of carbonyl (C=O) groups excluding carboxylic acids is 1. The summed E-state index contributed by atoms with van der Waals surface area (Å²) < 4.78 is 37.8. The van der Waals surface area contributed by atoms with Crippen molar-refractivity contribution in [3.63, 3.8) is 0 Å². The normalized spacial score (nSPS) is 27.9. The summed E-state index contributed by atoms with van der Waals surface area (Å²) in [7, 11) is 0. The van der Waals surface area contributed by atoms with E-state index in [1.165, 1.54) is 11.8 Å². The van der Waals surface area contributed by atoms with Gasteiger partial charge in [0.1, 0.15) is 11.8 Å². The molecule has 1 aromatic carbocycles. The Kier molecular flexibility index (Phi) is 2.95. The van der Waals surface area contributed by atoms with Crippen molar-refractivity contribution in [1.82, 2.24) is 4.90 Å². The number of hydrogen-bond acceptors (Lipinski definition) is 2. The van der Waals surface area contributed by atoms with Gasteiger partial charge in [0.15, 0.2) is 0 Å².